The van der Waals surface area contributed by atoms with E-state index in [9.17, 15) is 35.2 Å². The molecule has 4 aliphatic carbocycles. The van der Waals surface area contributed by atoms with Gasteiger partial charge in [0.1, 0.15) is 6.54 Å². The second kappa shape index (κ2) is 9.83. The van der Waals surface area contributed by atoms with Gasteiger partial charge in [0.05, 0.1) is 26.6 Å². The van der Waals surface area contributed by atoms with Crippen molar-refractivity contribution in [3.05, 3.63) is 35.9 Å². The molecule has 1 aromatic rings. The predicted octanol–water partition coefficient (Wildman–Crippen LogP) is 5.05. The Bertz CT molecular complexity index is 1000. The summed E-state index contributed by atoms with van der Waals surface area (Å²) < 4.78 is 101. The van der Waals surface area contributed by atoms with Crippen molar-refractivity contribution in [1.82, 2.24) is 0 Å². The smallest absolute Gasteiger partial charge is 0.432 e. The minimum atomic E-state index is -6.42. The first-order valence-corrected chi connectivity index (χ1v) is 13.2. The lowest BCUT2D eigenvalue weighted by atomic mass is 9.49. The summed E-state index contributed by atoms with van der Waals surface area (Å²) in [6, 6.07) is 10.6. The van der Waals surface area contributed by atoms with Crippen molar-refractivity contribution in [2.24, 2.45) is 23.2 Å². The van der Waals surface area contributed by atoms with E-state index in [0.29, 0.717) is 0 Å². The third-order valence-electron chi connectivity index (χ3n) is 7.14. The number of quaternary nitrogens is 1. The van der Waals surface area contributed by atoms with Crippen molar-refractivity contribution in [2.45, 2.75) is 62.6 Å². The molecule has 5 rings (SSSR count). The summed E-state index contributed by atoms with van der Waals surface area (Å²) in [6.45, 7) is 1.10. The van der Waals surface area contributed by atoms with Gasteiger partial charge in [-0.15, -0.1) is 0 Å². The van der Waals surface area contributed by atoms with Gasteiger partial charge in [0, 0.05) is 5.56 Å². The molecule has 12 heteroatoms. The molecule has 0 amide bonds. The van der Waals surface area contributed by atoms with E-state index in [4.69, 9.17) is 4.55 Å². The highest BCUT2D eigenvalue weighted by Crippen LogP contribution is 2.60. The van der Waals surface area contributed by atoms with E-state index < -0.39 is 39.0 Å². The summed E-state index contributed by atoms with van der Waals surface area (Å²) >= 11 is 0. The number of nitrogens with zero attached hydrogens (tertiary/aromatic N) is 1. The zero-order chi connectivity index (χ0) is 27.2. The zero-order valence-electron chi connectivity index (χ0n) is 20.5. The molecule has 1 unspecified atom stereocenters. The first-order valence-electron chi connectivity index (χ1n) is 11.8. The van der Waals surface area contributed by atoms with Crippen molar-refractivity contribution >= 4 is 16.1 Å². The molecule has 0 heterocycles. The normalized spacial score (nSPS) is 28.8. The van der Waals surface area contributed by atoms with Crippen LogP contribution < -0.4 is 0 Å². The van der Waals surface area contributed by atoms with Gasteiger partial charge in [0.15, 0.2) is 0 Å². The Morgan fingerprint density at radius 2 is 1.44 bits per heavy atom. The molecule has 36 heavy (non-hydrogen) atoms. The number of rotatable bonds is 6. The van der Waals surface area contributed by atoms with Gasteiger partial charge in [0.2, 0.25) is 0 Å². The number of alkyl halides is 5. The number of halogens is 5. The Morgan fingerprint density at radius 3 is 1.81 bits per heavy atom. The van der Waals surface area contributed by atoms with Gasteiger partial charge in [-0.25, -0.2) is 0 Å². The molecule has 1 N–H and O–H groups in total. The Labute approximate surface area is 208 Å². The van der Waals surface area contributed by atoms with Gasteiger partial charge >= 0.3 is 27.5 Å². The number of carbonyl (C=O) groups is 1. The molecule has 0 aliphatic heterocycles. The average molecular weight is 543 g/mol. The molecule has 4 bridgehead atoms. The monoisotopic (exact) mass is 542 g/mol. The maximum atomic E-state index is 13.6. The molecule has 6 nitrogen and oxygen atoms in total. The van der Waals surface area contributed by atoms with Crippen LogP contribution in [0.5, 0.6) is 0 Å². The minimum absolute atomic E-state index is 0.144. The van der Waals surface area contributed by atoms with Crippen LogP contribution >= 0.6 is 0 Å². The van der Waals surface area contributed by atoms with Crippen molar-refractivity contribution in [3.63, 3.8) is 0 Å². The second-order valence-corrected chi connectivity index (χ2v) is 13.0. The van der Waals surface area contributed by atoms with Crippen LogP contribution in [-0.4, -0.2) is 62.1 Å². The van der Waals surface area contributed by atoms with E-state index in [0.717, 1.165) is 30.3 Å². The molecule has 0 aromatic heterocycles. The number of carbonyl (C=O) groups excluding carboxylic acids is 1. The molecule has 4 saturated carbocycles. The Kier molecular flexibility index (Phi) is 7.86. The molecule has 1 aromatic carbocycles. The fourth-order valence-electron chi connectivity index (χ4n) is 6.19. The summed E-state index contributed by atoms with van der Waals surface area (Å²) in [5.74, 6) is -1.02. The van der Waals surface area contributed by atoms with Crippen LogP contribution in [-0.2, 0) is 26.2 Å². The highest BCUT2D eigenvalue weighted by molar-refractivity contribution is 7.86. The largest absolute Gasteiger partial charge is 0.444 e. The van der Waals surface area contributed by atoms with Crippen LogP contribution in [0.2, 0.25) is 0 Å². The maximum absolute atomic E-state index is 13.6. The minimum Gasteiger partial charge on any atom is -0.444 e. The van der Waals surface area contributed by atoms with Gasteiger partial charge in [-0.05, 0) is 56.3 Å². The van der Waals surface area contributed by atoms with E-state index in [1.165, 1.54) is 5.56 Å². The van der Waals surface area contributed by atoms with Gasteiger partial charge in [0.25, 0.3) is 6.10 Å². The summed E-state index contributed by atoms with van der Waals surface area (Å²) in [7, 11) is 0.187. The summed E-state index contributed by atoms with van der Waals surface area (Å²) in [5.41, 5.74) is 0.132. The maximum Gasteiger partial charge on any atom is 0.432 e. The summed E-state index contributed by atoms with van der Waals surface area (Å²) in [4.78, 5) is 12.4. The number of esters is 1. The lowest BCUT2D eigenvalue weighted by Crippen LogP contribution is -2.56. The van der Waals surface area contributed by atoms with E-state index in [1.54, 1.807) is 0 Å². The molecule has 4 fully saturated rings. The van der Waals surface area contributed by atoms with Crippen molar-refractivity contribution in [1.29, 1.82) is 0 Å². The Morgan fingerprint density at radius 1 is 1.00 bits per heavy atom. The van der Waals surface area contributed by atoms with Gasteiger partial charge < -0.3 is 9.22 Å². The molecule has 1 atom stereocenters. The third-order valence-corrected chi connectivity index (χ3v) is 8.04. The molecule has 0 spiro atoms. The predicted molar refractivity (Wildman–Crippen MR) is 121 cm³/mol. The molecular formula is C24H33F5NO5S+. The highest BCUT2D eigenvalue weighted by Gasteiger charge is 2.67. The fraction of sp³-hybridized carbons (Fsp3) is 0.708. The fourth-order valence-corrected chi connectivity index (χ4v) is 6.64. The number of ether oxygens (including phenoxy) is 1. The standard InChI is InChI=1S/C14H17F5O5S.C10H16N/c15-13(16,17)10(14(18,19)25(21,22)23)24-11(20)12-4-7-1-8(5-12)3-9(2-7)6-12;1-11(2,3)9-10-7-5-4-6-8-10/h7-10H,1-6H2,(H,21,22,23);4-8H,9H2,1-3H3/q;+1. The number of hydrogen-bond donors (Lipinski definition) is 1. The SMILES string of the molecule is C[N+](C)(C)Cc1ccccc1.O=C(OC(C(F)(F)F)C(F)(F)S(=O)(=O)O)C12CC3CC(CC(C3)C1)C2. The van der Waals surface area contributed by atoms with Gasteiger partial charge in [-0.3, -0.25) is 9.35 Å². The van der Waals surface area contributed by atoms with Crippen molar-refractivity contribution < 1.29 is 48.9 Å². The highest BCUT2D eigenvalue weighted by atomic mass is 32.2. The van der Waals surface area contributed by atoms with Crippen molar-refractivity contribution in [2.75, 3.05) is 21.1 Å². The van der Waals surface area contributed by atoms with Gasteiger partial charge in [-0.1, -0.05) is 30.3 Å². The van der Waals surface area contributed by atoms with E-state index in [2.05, 4.69) is 56.2 Å². The first-order chi connectivity index (χ1) is 16.3. The van der Waals surface area contributed by atoms with Crippen LogP contribution in [0.4, 0.5) is 22.0 Å². The van der Waals surface area contributed by atoms with Crippen molar-refractivity contribution in [3.8, 4) is 0 Å². The van der Waals surface area contributed by atoms with Crippen LogP contribution in [0.1, 0.15) is 44.1 Å². The molecular weight excluding hydrogens is 509 g/mol. The molecule has 4 aliphatic rings. The van der Waals surface area contributed by atoms with Gasteiger partial charge in [-0.2, -0.15) is 30.4 Å². The third kappa shape index (κ3) is 6.55. The Balaban J connectivity index is 0.000000275. The second-order valence-electron chi connectivity index (χ2n) is 11.5. The van der Waals surface area contributed by atoms with Crippen LogP contribution in [0.25, 0.3) is 0 Å². The van der Waals surface area contributed by atoms with Crippen LogP contribution in [0.15, 0.2) is 30.3 Å². The molecule has 0 radical (unpaired) electrons. The van der Waals surface area contributed by atoms with E-state index in [1.807, 2.05) is 0 Å². The lowest BCUT2D eigenvalue weighted by Gasteiger charge is -2.55. The quantitative estimate of drug-likeness (QED) is 0.236. The van der Waals surface area contributed by atoms with Crippen LogP contribution in [0.3, 0.4) is 0 Å². The van der Waals surface area contributed by atoms with Crippen LogP contribution in [0, 0.1) is 23.2 Å². The first kappa shape index (κ1) is 28.8. The van der Waals surface area contributed by atoms with E-state index in [-0.39, 0.29) is 37.0 Å². The molecule has 0 saturated heterocycles. The number of benzene rings is 1. The Hall–Kier alpha value is -1.79. The summed E-state index contributed by atoms with van der Waals surface area (Å²) in [6.07, 6.45) is -6.73. The number of hydrogen-bond acceptors (Lipinski definition) is 4. The topological polar surface area (TPSA) is 80.7 Å². The zero-order valence-corrected chi connectivity index (χ0v) is 21.3. The summed E-state index contributed by atoms with van der Waals surface area (Å²) in [5, 5.41) is -5.68. The molecule has 204 valence electrons. The van der Waals surface area contributed by atoms with E-state index >= 15 is 0 Å². The lowest BCUT2D eigenvalue weighted by molar-refractivity contribution is -0.884. The average Bonchev–Trinajstić information content (AvgIpc) is 2.69.